The number of hydrogen-bond donors (Lipinski definition) is 1. The summed E-state index contributed by atoms with van der Waals surface area (Å²) in [6, 6.07) is 10.7. The number of amides is 1. The van der Waals surface area contributed by atoms with Gasteiger partial charge in [0.1, 0.15) is 11.5 Å². The van der Waals surface area contributed by atoms with Crippen molar-refractivity contribution in [2.24, 2.45) is 0 Å². The first kappa shape index (κ1) is 13.9. The summed E-state index contributed by atoms with van der Waals surface area (Å²) in [6.45, 7) is 0. The van der Waals surface area contributed by atoms with E-state index in [-0.39, 0.29) is 12.3 Å². The molecule has 0 atom stereocenters. The van der Waals surface area contributed by atoms with Crippen LogP contribution in [0.25, 0.3) is 0 Å². The number of anilines is 1. The number of methoxy groups -OCH3 is 2. The Balaban J connectivity index is 2.07. The third kappa shape index (κ3) is 3.47. The second-order valence-electron chi connectivity index (χ2n) is 4.11. The molecule has 0 radical (unpaired) electrons. The number of hydrogen-bond acceptors (Lipinski definition) is 4. The fourth-order valence-electron chi connectivity index (χ4n) is 1.76. The number of benzene rings is 1. The number of nitrogens with zero attached hydrogens (tertiary/aromatic N) is 1. The van der Waals surface area contributed by atoms with Crippen LogP contribution in [0.15, 0.2) is 42.6 Å². The van der Waals surface area contributed by atoms with E-state index in [2.05, 4.69) is 10.3 Å². The molecule has 0 bridgehead atoms. The molecule has 0 unspecified atom stereocenters. The van der Waals surface area contributed by atoms with Crippen LogP contribution in [-0.2, 0) is 11.2 Å². The molecule has 2 rings (SSSR count). The SMILES string of the molecule is COc1ccc(NC(=O)Cc2ccccn2)c(OC)c1. The van der Waals surface area contributed by atoms with Crippen LogP contribution >= 0.6 is 0 Å². The van der Waals surface area contributed by atoms with E-state index in [1.54, 1.807) is 38.6 Å². The third-order valence-corrected chi connectivity index (χ3v) is 2.75. The topological polar surface area (TPSA) is 60.5 Å². The average molecular weight is 272 g/mol. The minimum atomic E-state index is -0.146. The van der Waals surface area contributed by atoms with Gasteiger partial charge in [-0.1, -0.05) is 6.07 Å². The van der Waals surface area contributed by atoms with Crippen molar-refractivity contribution in [1.29, 1.82) is 0 Å². The van der Waals surface area contributed by atoms with Crippen molar-refractivity contribution < 1.29 is 14.3 Å². The molecule has 0 saturated carbocycles. The summed E-state index contributed by atoms with van der Waals surface area (Å²) in [4.78, 5) is 16.1. The van der Waals surface area contributed by atoms with Gasteiger partial charge in [0.2, 0.25) is 5.91 Å². The van der Waals surface area contributed by atoms with Crippen LogP contribution in [0.2, 0.25) is 0 Å². The van der Waals surface area contributed by atoms with Gasteiger partial charge < -0.3 is 14.8 Å². The molecule has 0 saturated heterocycles. The van der Waals surface area contributed by atoms with Crippen LogP contribution in [0, 0.1) is 0 Å². The van der Waals surface area contributed by atoms with Crippen LogP contribution in [0.5, 0.6) is 11.5 Å². The second kappa shape index (κ2) is 6.56. The smallest absolute Gasteiger partial charge is 0.230 e. The Morgan fingerprint density at radius 1 is 1.20 bits per heavy atom. The van der Waals surface area contributed by atoms with Gasteiger partial charge in [0, 0.05) is 18.0 Å². The lowest BCUT2D eigenvalue weighted by atomic mass is 10.2. The van der Waals surface area contributed by atoms with Crippen LogP contribution < -0.4 is 14.8 Å². The Kier molecular flexibility index (Phi) is 4.55. The van der Waals surface area contributed by atoms with Gasteiger partial charge in [-0.05, 0) is 24.3 Å². The van der Waals surface area contributed by atoms with E-state index in [4.69, 9.17) is 9.47 Å². The van der Waals surface area contributed by atoms with Crippen molar-refractivity contribution >= 4 is 11.6 Å². The lowest BCUT2D eigenvalue weighted by molar-refractivity contribution is -0.115. The van der Waals surface area contributed by atoms with E-state index in [0.717, 1.165) is 5.69 Å². The fraction of sp³-hybridized carbons (Fsp3) is 0.200. The van der Waals surface area contributed by atoms with Crippen molar-refractivity contribution in [1.82, 2.24) is 4.98 Å². The molecule has 104 valence electrons. The number of aromatic nitrogens is 1. The Hall–Kier alpha value is -2.56. The molecule has 0 aliphatic rings. The minimum absolute atomic E-state index is 0.146. The van der Waals surface area contributed by atoms with Gasteiger partial charge in [-0.25, -0.2) is 0 Å². The van der Waals surface area contributed by atoms with Crippen LogP contribution in [0.3, 0.4) is 0 Å². The minimum Gasteiger partial charge on any atom is -0.497 e. The number of carbonyl (C=O) groups excluding carboxylic acids is 1. The molecule has 0 aliphatic carbocycles. The summed E-state index contributed by atoms with van der Waals surface area (Å²) in [5, 5.41) is 2.80. The molecule has 20 heavy (non-hydrogen) atoms. The maximum Gasteiger partial charge on any atom is 0.230 e. The highest BCUT2D eigenvalue weighted by atomic mass is 16.5. The van der Waals surface area contributed by atoms with E-state index in [1.165, 1.54) is 0 Å². The van der Waals surface area contributed by atoms with E-state index in [0.29, 0.717) is 17.2 Å². The lowest BCUT2D eigenvalue weighted by Gasteiger charge is -2.11. The highest BCUT2D eigenvalue weighted by molar-refractivity contribution is 5.93. The van der Waals surface area contributed by atoms with Gasteiger partial charge in [-0.3, -0.25) is 9.78 Å². The molecule has 1 heterocycles. The second-order valence-corrected chi connectivity index (χ2v) is 4.11. The molecule has 0 spiro atoms. The number of nitrogens with one attached hydrogen (secondary N) is 1. The highest BCUT2D eigenvalue weighted by Crippen LogP contribution is 2.29. The highest BCUT2D eigenvalue weighted by Gasteiger charge is 2.09. The number of carbonyl (C=O) groups is 1. The standard InChI is InChI=1S/C15H16N2O3/c1-19-12-6-7-13(14(10-12)20-2)17-15(18)9-11-5-3-4-8-16-11/h3-8,10H,9H2,1-2H3,(H,17,18). The molecular weight excluding hydrogens is 256 g/mol. The lowest BCUT2D eigenvalue weighted by Crippen LogP contribution is -2.15. The summed E-state index contributed by atoms with van der Waals surface area (Å²) in [5.41, 5.74) is 1.33. The molecule has 1 N–H and O–H groups in total. The monoisotopic (exact) mass is 272 g/mol. The molecule has 5 nitrogen and oxygen atoms in total. The van der Waals surface area contributed by atoms with Crippen molar-refractivity contribution in [3.05, 3.63) is 48.3 Å². The summed E-state index contributed by atoms with van der Waals surface area (Å²) in [5.74, 6) is 1.08. The van der Waals surface area contributed by atoms with Gasteiger partial charge in [0.05, 0.1) is 26.3 Å². The molecule has 1 amide bonds. The largest absolute Gasteiger partial charge is 0.497 e. The first-order chi connectivity index (χ1) is 9.72. The van der Waals surface area contributed by atoms with Crippen molar-refractivity contribution in [2.45, 2.75) is 6.42 Å². The average Bonchev–Trinajstić information content (AvgIpc) is 2.48. The van der Waals surface area contributed by atoms with E-state index >= 15 is 0 Å². The molecule has 1 aromatic carbocycles. The molecule has 5 heteroatoms. The van der Waals surface area contributed by atoms with E-state index in [9.17, 15) is 4.79 Å². The predicted molar refractivity (Wildman–Crippen MR) is 76.1 cm³/mol. The van der Waals surface area contributed by atoms with Gasteiger partial charge in [0.15, 0.2) is 0 Å². The summed E-state index contributed by atoms with van der Waals surface area (Å²) in [7, 11) is 3.12. The first-order valence-electron chi connectivity index (χ1n) is 6.14. The Morgan fingerprint density at radius 2 is 2.05 bits per heavy atom. The Bertz CT molecular complexity index is 585. The zero-order valence-corrected chi connectivity index (χ0v) is 11.4. The van der Waals surface area contributed by atoms with E-state index < -0.39 is 0 Å². The normalized spacial score (nSPS) is 9.90. The van der Waals surface area contributed by atoms with E-state index in [1.807, 2.05) is 18.2 Å². The Morgan fingerprint density at radius 3 is 2.70 bits per heavy atom. The molecule has 0 aliphatic heterocycles. The van der Waals surface area contributed by atoms with Crippen molar-refractivity contribution in [3.63, 3.8) is 0 Å². The third-order valence-electron chi connectivity index (χ3n) is 2.75. The molecule has 0 fully saturated rings. The van der Waals surface area contributed by atoms with Gasteiger partial charge in [-0.2, -0.15) is 0 Å². The zero-order valence-electron chi connectivity index (χ0n) is 11.4. The van der Waals surface area contributed by atoms with Gasteiger partial charge >= 0.3 is 0 Å². The quantitative estimate of drug-likeness (QED) is 0.907. The summed E-state index contributed by atoms with van der Waals surface area (Å²) in [6.07, 6.45) is 1.88. The van der Waals surface area contributed by atoms with Crippen molar-refractivity contribution in [2.75, 3.05) is 19.5 Å². The molecular formula is C15H16N2O3. The maximum absolute atomic E-state index is 12.0. The van der Waals surface area contributed by atoms with Crippen LogP contribution in [-0.4, -0.2) is 25.1 Å². The Labute approximate surface area is 117 Å². The predicted octanol–water partition coefficient (Wildman–Crippen LogP) is 2.28. The zero-order chi connectivity index (χ0) is 14.4. The first-order valence-corrected chi connectivity index (χ1v) is 6.14. The van der Waals surface area contributed by atoms with Gasteiger partial charge in [0.25, 0.3) is 0 Å². The fourth-order valence-corrected chi connectivity index (χ4v) is 1.76. The molecule has 2 aromatic rings. The molecule has 1 aromatic heterocycles. The number of pyridine rings is 1. The summed E-state index contributed by atoms with van der Waals surface area (Å²) < 4.78 is 10.3. The maximum atomic E-state index is 12.0. The van der Waals surface area contributed by atoms with Crippen LogP contribution in [0.4, 0.5) is 5.69 Å². The number of rotatable bonds is 5. The summed E-state index contributed by atoms with van der Waals surface area (Å²) >= 11 is 0. The van der Waals surface area contributed by atoms with Gasteiger partial charge in [-0.15, -0.1) is 0 Å². The number of ether oxygens (including phenoxy) is 2. The van der Waals surface area contributed by atoms with Crippen molar-refractivity contribution in [3.8, 4) is 11.5 Å². The van der Waals surface area contributed by atoms with Crippen LogP contribution in [0.1, 0.15) is 5.69 Å².